The van der Waals surface area contributed by atoms with Gasteiger partial charge in [0.25, 0.3) is 0 Å². The van der Waals surface area contributed by atoms with Gasteiger partial charge in [-0.1, -0.05) is 0 Å². The van der Waals surface area contributed by atoms with Crippen LogP contribution in [0.15, 0.2) is 12.4 Å². The zero-order valence-corrected chi connectivity index (χ0v) is 12.2. The average molecular weight is 281 g/mol. The summed E-state index contributed by atoms with van der Waals surface area (Å²) in [4.78, 5) is 17.7. The van der Waals surface area contributed by atoms with E-state index < -0.39 is 0 Å². The molecule has 1 aliphatic heterocycles. The molecule has 0 saturated carbocycles. The lowest BCUT2D eigenvalue weighted by Crippen LogP contribution is -2.33. The van der Waals surface area contributed by atoms with Crippen molar-refractivity contribution in [1.29, 1.82) is 0 Å². The number of aryl methyl sites for hydroxylation is 1. The van der Waals surface area contributed by atoms with E-state index in [1.807, 2.05) is 17.7 Å². The molecule has 2 rings (SSSR count). The second-order valence-electron chi connectivity index (χ2n) is 5.13. The third kappa shape index (κ3) is 4.31. The fraction of sp³-hybridized carbons (Fsp3) is 0.714. The van der Waals surface area contributed by atoms with Crippen LogP contribution in [-0.2, 0) is 20.8 Å². The maximum absolute atomic E-state index is 11.9. The second-order valence-corrected chi connectivity index (χ2v) is 5.13. The lowest BCUT2D eigenvalue weighted by atomic mass is 10.2. The second kappa shape index (κ2) is 7.40. The van der Waals surface area contributed by atoms with E-state index in [0.717, 1.165) is 31.8 Å². The largest absolute Gasteiger partial charge is 0.376 e. The maximum atomic E-state index is 11.9. The molecule has 6 heteroatoms. The minimum atomic E-state index is 0.000709. The highest BCUT2D eigenvalue weighted by Crippen LogP contribution is 2.11. The molecule has 20 heavy (non-hydrogen) atoms. The molecule has 1 fully saturated rings. The van der Waals surface area contributed by atoms with E-state index in [9.17, 15) is 4.79 Å². The van der Waals surface area contributed by atoms with Gasteiger partial charge in [-0.2, -0.15) is 0 Å². The van der Waals surface area contributed by atoms with Gasteiger partial charge < -0.3 is 18.9 Å². The SMILES string of the molecule is Cc1nccn1CCN(C)C(=O)COCC1CCCO1. The van der Waals surface area contributed by atoms with E-state index in [1.165, 1.54) is 0 Å². The number of hydrogen-bond donors (Lipinski definition) is 0. The van der Waals surface area contributed by atoms with Crippen LogP contribution in [0.1, 0.15) is 18.7 Å². The molecular formula is C14H23N3O3. The number of rotatable bonds is 7. The van der Waals surface area contributed by atoms with Gasteiger partial charge in [0.05, 0.1) is 12.7 Å². The van der Waals surface area contributed by atoms with Crippen LogP contribution in [0.25, 0.3) is 0 Å². The summed E-state index contributed by atoms with van der Waals surface area (Å²) in [6, 6.07) is 0. The van der Waals surface area contributed by atoms with Gasteiger partial charge in [0.15, 0.2) is 0 Å². The molecule has 0 radical (unpaired) electrons. The van der Waals surface area contributed by atoms with Crippen LogP contribution < -0.4 is 0 Å². The molecular weight excluding hydrogens is 258 g/mol. The van der Waals surface area contributed by atoms with Gasteiger partial charge >= 0.3 is 0 Å². The summed E-state index contributed by atoms with van der Waals surface area (Å²) < 4.78 is 12.9. The van der Waals surface area contributed by atoms with E-state index in [1.54, 1.807) is 18.1 Å². The molecule has 1 amide bonds. The first-order valence-corrected chi connectivity index (χ1v) is 7.08. The number of amides is 1. The van der Waals surface area contributed by atoms with Crippen LogP contribution >= 0.6 is 0 Å². The van der Waals surface area contributed by atoms with Gasteiger partial charge in [-0.15, -0.1) is 0 Å². The molecule has 2 heterocycles. The molecule has 1 atom stereocenters. The van der Waals surface area contributed by atoms with Gasteiger partial charge in [0.2, 0.25) is 5.91 Å². The number of imidazole rings is 1. The van der Waals surface area contributed by atoms with Crippen molar-refractivity contribution in [3.63, 3.8) is 0 Å². The number of carbonyl (C=O) groups excluding carboxylic acids is 1. The van der Waals surface area contributed by atoms with Crippen molar-refractivity contribution >= 4 is 5.91 Å². The van der Waals surface area contributed by atoms with Crippen LogP contribution in [0, 0.1) is 6.92 Å². The van der Waals surface area contributed by atoms with Crippen molar-refractivity contribution in [3.8, 4) is 0 Å². The Hall–Kier alpha value is -1.40. The summed E-state index contributed by atoms with van der Waals surface area (Å²) in [5.74, 6) is 0.959. The topological polar surface area (TPSA) is 56.6 Å². The maximum Gasteiger partial charge on any atom is 0.248 e. The number of nitrogens with zero attached hydrogens (tertiary/aromatic N) is 3. The van der Waals surface area contributed by atoms with Crippen molar-refractivity contribution < 1.29 is 14.3 Å². The Morgan fingerprint density at radius 2 is 2.50 bits per heavy atom. The van der Waals surface area contributed by atoms with E-state index in [0.29, 0.717) is 13.2 Å². The standard InChI is InChI=1S/C14H23N3O3/c1-12-15-5-6-17(12)8-7-16(2)14(18)11-19-10-13-4-3-9-20-13/h5-6,13H,3-4,7-11H2,1-2H3. The van der Waals surface area contributed by atoms with Gasteiger partial charge in [0, 0.05) is 39.1 Å². The lowest BCUT2D eigenvalue weighted by molar-refractivity contribution is -0.136. The number of likely N-dealkylation sites (N-methyl/N-ethyl adjacent to an activating group) is 1. The highest BCUT2D eigenvalue weighted by atomic mass is 16.5. The summed E-state index contributed by atoms with van der Waals surface area (Å²) >= 11 is 0. The molecule has 0 bridgehead atoms. The minimum Gasteiger partial charge on any atom is -0.376 e. The molecule has 0 aliphatic carbocycles. The molecule has 0 spiro atoms. The first kappa shape index (κ1) is 15.0. The smallest absolute Gasteiger partial charge is 0.248 e. The van der Waals surface area contributed by atoms with Crippen LogP contribution in [-0.4, -0.2) is 59.9 Å². The van der Waals surface area contributed by atoms with Crippen molar-refractivity contribution in [2.45, 2.75) is 32.4 Å². The van der Waals surface area contributed by atoms with Gasteiger partial charge in [-0.05, 0) is 19.8 Å². The number of hydrogen-bond acceptors (Lipinski definition) is 4. The highest BCUT2D eigenvalue weighted by molar-refractivity contribution is 5.77. The summed E-state index contributed by atoms with van der Waals surface area (Å²) in [5.41, 5.74) is 0. The Kier molecular flexibility index (Phi) is 5.55. The summed E-state index contributed by atoms with van der Waals surface area (Å²) in [7, 11) is 1.80. The summed E-state index contributed by atoms with van der Waals surface area (Å²) in [6.45, 7) is 4.80. The number of carbonyl (C=O) groups is 1. The van der Waals surface area contributed by atoms with Gasteiger partial charge in [-0.25, -0.2) is 4.98 Å². The predicted octanol–water partition coefficient (Wildman–Crippen LogP) is 0.846. The highest BCUT2D eigenvalue weighted by Gasteiger charge is 2.16. The molecule has 1 aromatic heterocycles. The Labute approximate surface area is 119 Å². The molecule has 1 unspecified atom stereocenters. The van der Waals surface area contributed by atoms with Crippen molar-refractivity contribution in [2.75, 3.05) is 33.4 Å². The van der Waals surface area contributed by atoms with E-state index in [4.69, 9.17) is 9.47 Å². The first-order chi connectivity index (χ1) is 9.66. The quantitative estimate of drug-likeness (QED) is 0.743. The number of aromatic nitrogens is 2. The van der Waals surface area contributed by atoms with E-state index in [-0.39, 0.29) is 18.6 Å². The zero-order valence-electron chi connectivity index (χ0n) is 12.2. The Balaban J connectivity index is 1.62. The van der Waals surface area contributed by atoms with Gasteiger partial charge in [-0.3, -0.25) is 4.79 Å². The Bertz CT molecular complexity index is 427. The molecule has 112 valence electrons. The number of ether oxygens (including phenoxy) is 2. The summed E-state index contributed by atoms with van der Waals surface area (Å²) in [6.07, 6.45) is 5.97. The van der Waals surface area contributed by atoms with Crippen molar-refractivity contribution in [2.24, 2.45) is 0 Å². The van der Waals surface area contributed by atoms with Gasteiger partial charge in [0.1, 0.15) is 12.4 Å². The normalized spacial score (nSPS) is 18.4. The zero-order chi connectivity index (χ0) is 14.4. The predicted molar refractivity (Wildman–Crippen MR) is 74.4 cm³/mol. The molecule has 6 nitrogen and oxygen atoms in total. The lowest BCUT2D eigenvalue weighted by Gasteiger charge is -2.18. The van der Waals surface area contributed by atoms with Crippen LogP contribution in [0.5, 0.6) is 0 Å². The van der Waals surface area contributed by atoms with Crippen LogP contribution in [0.3, 0.4) is 0 Å². The summed E-state index contributed by atoms with van der Waals surface area (Å²) in [5, 5.41) is 0. The minimum absolute atomic E-state index is 0.000709. The van der Waals surface area contributed by atoms with Crippen molar-refractivity contribution in [1.82, 2.24) is 14.5 Å². The Morgan fingerprint density at radius 1 is 1.65 bits per heavy atom. The first-order valence-electron chi connectivity index (χ1n) is 7.08. The monoisotopic (exact) mass is 281 g/mol. The molecule has 1 aliphatic rings. The molecule has 1 saturated heterocycles. The fourth-order valence-electron chi connectivity index (χ4n) is 2.19. The van der Waals surface area contributed by atoms with E-state index in [2.05, 4.69) is 4.98 Å². The molecule has 0 N–H and O–H groups in total. The molecule has 1 aromatic rings. The third-order valence-electron chi connectivity index (χ3n) is 3.58. The van der Waals surface area contributed by atoms with Crippen LogP contribution in [0.2, 0.25) is 0 Å². The average Bonchev–Trinajstić information content (AvgIpc) is 3.07. The van der Waals surface area contributed by atoms with Crippen LogP contribution in [0.4, 0.5) is 0 Å². The van der Waals surface area contributed by atoms with E-state index >= 15 is 0 Å². The molecule has 0 aromatic carbocycles. The van der Waals surface area contributed by atoms with Crippen molar-refractivity contribution in [3.05, 3.63) is 18.2 Å². The third-order valence-corrected chi connectivity index (χ3v) is 3.58. The fourth-order valence-corrected chi connectivity index (χ4v) is 2.19. The Morgan fingerprint density at radius 3 is 3.15 bits per heavy atom.